The fourth-order valence-corrected chi connectivity index (χ4v) is 2.64. The largest absolute Gasteiger partial charge is 0.485 e. The van der Waals surface area contributed by atoms with Crippen molar-refractivity contribution in [2.45, 2.75) is 33.2 Å². The van der Waals surface area contributed by atoms with Crippen LogP contribution in [-0.4, -0.2) is 19.2 Å². The molecule has 1 atom stereocenters. The predicted molar refractivity (Wildman–Crippen MR) is 75.9 cm³/mol. The van der Waals surface area contributed by atoms with Crippen LogP contribution in [0.15, 0.2) is 16.6 Å². The zero-order valence-electron chi connectivity index (χ0n) is 10.6. The summed E-state index contributed by atoms with van der Waals surface area (Å²) in [5.41, 5.74) is 1.13. The Bertz CT molecular complexity index is 347. The van der Waals surface area contributed by atoms with E-state index in [-0.39, 0.29) is 0 Å². The number of ether oxygens (including phenoxy) is 1. The number of hydrogen-bond donors (Lipinski definition) is 1. The maximum absolute atomic E-state index is 6.14. The summed E-state index contributed by atoms with van der Waals surface area (Å²) in [6.45, 7) is 8.04. The number of aryl methyl sites for hydroxylation is 1. The van der Waals surface area contributed by atoms with E-state index < -0.39 is 0 Å². The number of rotatable bonds is 6. The first-order valence-electron chi connectivity index (χ1n) is 5.96. The standard InChI is InChI=1S/C13H19BrClNO/c1-4-10(3)16-5-6-17-13-11(14)7-9(2)8-12(13)15/h7-8,10,16H,4-6H2,1-3H3/p+1/t10-/m1/s1. The summed E-state index contributed by atoms with van der Waals surface area (Å²) in [5.74, 6) is 0.745. The van der Waals surface area contributed by atoms with Crippen LogP contribution in [0.1, 0.15) is 25.8 Å². The molecule has 2 nitrogen and oxygen atoms in total. The molecule has 0 saturated carbocycles. The molecule has 0 heterocycles. The lowest BCUT2D eigenvalue weighted by Crippen LogP contribution is -2.90. The summed E-state index contributed by atoms with van der Waals surface area (Å²) in [4.78, 5) is 0. The number of nitrogens with two attached hydrogens (primary N) is 1. The van der Waals surface area contributed by atoms with Crippen LogP contribution in [0.4, 0.5) is 0 Å². The van der Waals surface area contributed by atoms with Crippen molar-refractivity contribution >= 4 is 27.5 Å². The zero-order chi connectivity index (χ0) is 12.8. The third-order valence-corrected chi connectivity index (χ3v) is 3.59. The highest BCUT2D eigenvalue weighted by atomic mass is 79.9. The lowest BCUT2D eigenvalue weighted by atomic mass is 10.2. The van der Waals surface area contributed by atoms with Crippen LogP contribution in [0, 0.1) is 6.92 Å². The van der Waals surface area contributed by atoms with E-state index in [2.05, 4.69) is 35.1 Å². The van der Waals surface area contributed by atoms with E-state index in [4.69, 9.17) is 16.3 Å². The SMILES string of the molecule is CC[C@@H](C)[NH2+]CCOc1c(Cl)cc(C)cc1Br. The molecule has 0 saturated heterocycles. The maximum Gasteiger partial charge on any atom is 0.152 e. The van der Waals surface area contributed by atoms with Gasteiger partial charge >= 0.3 is 0 Å². The van der Waals surface area contributed by atoms with Gasteiger partial charge in [-0.2, -0.15) is 0 Å². The Hall–Kier alpha value is -0.250. The van der Waals surface area contributed by atoms with Crippen molar-refractivity contribution in [2.24, 2.45) is 0 Å². The van der Waals surface area contributed by atoms with Gasteiger partial charge in [-0.05, 0) is 53.9 Å². The quantitative estimate of drug-likeness (QED) is 0.800. The summed E-state index contributed by atoms with van der Waals surface area (Å²) in [6, 6.07) is 4.58. The highest BCUT2D eigenvalue weighted by Gasteiger charge is 2.08. The first kappa shape index (κ1) is 14.8. The molecule has 0 unspecified atom stereocenters. The molecule has 0 amide bonds. The van der Waals surface area contributed by atoms with Crippen LogP contribution in [0.3, 0.4) is 0 Å². The van der Waals surface area contributed by atoms with E-state index >= 15 is 0 Å². The van der Waals surface area contributed by atoms with Crippen LogP contribution < -0.4 is 10.1 Å². The average Bonchev–Trinajstić information content (AvgIpc) is 2.26. The first-order valence-corrected chi connectivity index (χ1v) is 7.13. The molecule has 4 heteroatoms. The molecule has 0 aliphatic rings. The molecule has 1 aromatic rings. The summed E-state index contributed by atoms with van der Waals surface area (Å²) >= 11 is 9.61. The van der Waals surface area contributed by atoms with E-state index in [9.17, 15) is 0 Å². The Morgan fingerprint density at radius 2 is 2.18 bits per heavy atom. The van der Waals surface area contributed by atoms with Crippen molar-refractivity contribution in [1.82, 2.24) is 0 Å². The smallest absolute Gasteiger partial charge is 0.152 e. The third-order valence-electron chi connectivity index (χ3n) is 2.72. The Labute approximate surface area is 117 Å². The van der Waals surface area contributed by atoms with Gasteiger partial charge in [-0.3, -0.25) is 0 Å². The Morgan fingerprint density at radius 1 is 1.47 bits per heavy atom. The minimum absolute atomic E-state index is 0.649. The molecular formula is C13H20BrClNO+. The van der Waals surface area contributed by atoms with Crippen molar-refractivity contribution in [1.29, 1.82) is 0 Å². The number of quaternary nitrogens is 1. The van der Waals surface area contributed by atoms with Crippen LogP contribution in [-0.2, 0) is 0 Å². The Kier molecular flexibility index (Phi) is 6.31. The van der Waals surface area contributed by atoms with Crippen LogP contribution in [0.25, 0.3) is 0 Å². The van der Waals surface area contributed by atoms with Gasteiger partial charge in [0.2, 0.25) is 0 Å². The molecule has 0 spiro atoms. The van der Waals surface area contributed by atoms with Crippen molar-refractivity contribution in [2.75, 3.05) is 13.2 Å². The predicted octanol–water partition coefficient (Wildman–Crippen LogP) is 3.15. The van der Waals surface area contributed by atoms with Gasteiger partial charge in [0.15, 0.2) is 5.75 Å². The summed E-state index contributed by atoms with van der Waals surface area (Å²) in [6.07, 6.45) is 1.18. The molecule has 0 aliphatic heterocycles. The van der Waals surface area contributed by atoms with E-state index in [1.54, 1.807) is 0 Å². The van der Waals surface area contributed by atoms with Gasteiger partial charge in [-0.1, -0.05) is 18.5 Å². The molecule has 2 N–H and O–H groups in total. The van der Waals surface area contributed by atoms with Crippen LogP contribution in [0.2, 0.25) is 5.02 Å². The molecule has 0 aromatic heterocycles. The zero-order valence-corrected chi connectivity index (χ0v) is 12.9. The molecule has 0 bridgehead atoms. The lowest BCUT2D eigenvalue weighted by molar-refractivity contribution is -0.686. The topological polar surface area (TPSA) is 25.8 Å². The lowest BCUT2D eigenvalue weighted by Gasteiger charge is -2.12. The average molecular weight is 322 g/mol. The second kappa shape index (κ2) is 7.24. The van der Waals surface area contributed by atoms with Gasteiger partial charge in [-0.25, -0.2) is 0 Å². The highest BCUT2D eigenvalue weighted by molar-refractivity contribution is 9.10. The summed E-state index contributed by atoms with van der Waals surface area (Å²) in [7, 11) is 0. The Balaban J connectivity index is 2.47. The second-order valence-corrected chi connectivity index (χ2v) is 5.58. The van der Waals surface area contributed by atoms with Crippen molar-refractivity contribution in [3.05, 3.63) is 27.2 Å². The van der Waals surface area contributed by atoms with Crippen molar-refractivity contribution in [3.8, 4) is 5.75 Å². The normalized spacial score (nSPS) is 12.5. The van der Waals surface area contributed by atoms with Crippen LogP contribution in [0.5, 0.6) is 5.75 Å². The fraction of sp³-hybridized carbons (Fsp3) is 0.538. The van der Waals surface area contributed by atoms with E-state index in [1.807, 2.05) is 19.1 Å². The Morgan fingerprint density at radius 3 is 2.76 bits per heavy atom. The summed E-state index contributed by atoms with van der Waals surface area (Å²) < 4.78 is 6.63. The van der Waals surface area contributed by atoms with Crippen molar-refractivity contribution < 1.29 is 10.1 Å². The minimum atomic E-state index is 0.649. The van der Waals surface area contributed by atoms with Gasteiger partial charge in [0, 0.05) is 0 Å². The molecule has 1 aromatic carbocycles. The second-order valence-electron chi connectivity index (χ2n) is 4.32. The number of hydrogen-bond acceptors (Lipinski definition) is 1. The number of benzene rings is 1. The van der Waals surface area contributed by atoms with Gasteiger partial charge in [0.1, 0.15) is 13.2 Å². The molecule has 0 aliphatic carbocycles. The van der Waals surface area contributed by atoms with Crippen molar-refractivity contribution in [3.63, 3.8) is 0 Å². The van der Waals surface area contributed by atoms with Gasteiger partial charge in [0.05, 0.1) is 15.5 Å². The van der Waals surface area contributed by atoms with Crippen LogP contribution >= 0.6 is 27.5 Å². The van der Waals surface area contributed by atoms with Gasteiger partial charge < -0.3 is 10.1 Å². The summed E-state index contributed by atoms with van der Waals surface area (Å²) in [5, 5.41) is 2.95. The maximum atomic E-state index is 6.14. The van der Waals surface area contributed by atoms with E-state index in [0.29, 0.717) is 17.7 Å². The highest BCUT2D eigenvalue weighted by Crippen LogP contribution is 2.34. The van der Waals surface area contributed by atoms with Gasteiger partial charge in [-0.15, -0.1) is 0 Å². The molecular weight excluding hydrogens is 302 g/mol. The number of halogens is 2. The van der Waals surface area contributed by atoms with Gasteiger partial charge in [0.25, 0.3) is 0 Å². The third kappa shape index (κ3) is 4.86. The molecule has 96 valence electrons. The van der Waals surface area contributed by atoms with E-state index in [1.165, 1.54) is 6.42 Å². The van der Waals surface area contributed by atoms with E-state index in [0.717, 1.165) is 22.3 Å². The first-order chi connectivity index (χ1) is 8.04. The molecule has 1 rings (SSSR count). The fourth-order valence-electron chi connectivity index (χ4n) is 1.50. The minimum Gasteiger partial charge on any atom is -0.485 e. The monoisotopic (exact) mass is 320 g/mol. The molecule has 17 heavy (non-hydrogen) atoms. The molecule has 0 radical (unpaired) electrons. The molecule has 0 fully saturated rings.